The van der Waals surface area contributed by atoms with E-state index in [9.17, 15) is 0 Å². The summed E-state index contributed by atoms with van der Waals surface area (Å²) in [4.78, 5) is 18.1. The van der Waals surface area contributed by atoms with Crippen LogP contribution in [0.2, 0.25) is 0 Å². The second-order valence-electron chi connectivity index (χ2n) is 7.21. The van der Waals surface area contributed by atoms with Gasteiger partial charge < -0.3 is 15.5 Å². The molecule has 6 nitrogen and oxygen atoms in total. The molecule has 0 unspecified atom stereocenters. The van der Waals surface area contributed by atoms with E-state index in [1.165, 1.54) is 5.69 Å². The number of hydrogen-bond donors (Lipinski definition) is 1. The number of rotatable bonds is 3. The lowest BCUT2D eigenvalue weighted by molar-refractivity contribution is 0.345. The Balaban J connectivity index is 1.45. The van der Waals surface area contributed by atoms with Gasteiger partial charge in [0, 0.05) is 67.5 Å². The number of nitrogens with two attached hydrogens (primary N) is 1. The Bertz CT molecular complexity index is 727. The number of aromatic nitrogens is 3. The lowest BCUT2D eigenvalue weighted by Crippen LogP contribution is -2.35. The van der Waals surface area contributed by atoms with Crippen molar-refractivity contribution in [3.63, 3.8) is 0 Å². The van der Waals surface area contributed by atoms with E-state index in [4.69, 9.17) is 5.73 Å². The SMILES string of the molecule is Cc1cc(N2CCCN(c3cc(C4CC(N)C4)ncn3)CC2)ccn1. The van der Waals surface area contributed by atoms with Crippen LogP contribution < -0.4 is 15.5 Å². The van der Waals surface area contributed by atoms with Crippen molar-refractivity contribution < 1.29 is 0 Å². The van der Waals surface area contributed by atoms with Gasteiger partial charge in [-0.05, 0) is 38.3 Å². The van der Waals surface area contributed by atoms with Crippen molar-refractivity contribution >= 4 is 11.5 Å². The molecular formula is C19H26N6. The van der Waals surface area contributed by atoms with Crippen LogP contribution in [0.5, 0.6) is 0 Å². The first-order valence-corrected chi connectivity index (χ1v) is 9.19. The molecule has 4 rings (SSSR count). The lowest BCUT2D eigenvalue weighted by Gasteiger charge is -2.32. The molecule has 2 N–H and O–H groups in total. The van der Waals surface area contributed by atoms with Gasteiger partial charge in [0.1, 0.15) is 12.1 Å². The third kappa shape index (κ3) is 3.58. The molecule has 0 spiro atoms. The van der Waals surface area contributed by atoms with Crippen molar-refractivity contribution in [2.45, 2.75) is 38.1 Å². The predicted molar refractivity (Wildman–Crippen MR) is 100.0 cm³/mol. The molecule has 0 amide bonds. The molecule has 2 fully saturated rings. The van der Waals surface area contributed by atoms with Gasteiger partial charge in [-0.15, -0.1) is 0 Å². The molecule has 2 aromatic heterocycles. The van der Waals surface area contributed by atoms with Crippen LogP contribution in [0.25, 0.3) is 0 Å². The highest BCUT2D eigenvalue weighted by molar-refractivity contribution is 5.48. The van der Waals surface area contributed by atoms with Gasteiger partial charge in [-0.1, -0.05) is 0 Å². The van der Waals surface area contributed by atoms with Crippen LogP contribution in [0.3, 0.4) is 0 Å². The minimum atomic E-state index is 0.346. The van der Waals surface area contributed by atoms with E-state index in [-0.39, 0.29) is 0 Å². The molecule has 1 aliphatic heterocycles. The Labute approximate surface area is 149 Å². The van der Waals surface area contributed by atoms with Crippen molar-refractivity contribution in [2.24, 2.45) is 5.73 Å². The quantitative estimate of drug-likeness (QED) is 0.924. The number of hydrogen-bond acceptors (Lipinski definition) is 6. The van der Waals surface area contributed by atoms with Gasteiger partial charge in [0.15, 0.2) is 0 Å². The molecule has 25 heavy (non-hydrogen) atoms. The van der Waals surface area contributed by atoms with E-state index in [1.54, 1.807) is 6.33 Å². The molecule has 6 heteroatoms. The highest BCUT2D eigenvalue weighted by atomic mass is 15.2. The molecule has 3 heterocycles. The maximum Gasteiger partial charge on any atom is 0.132 e. The summed E-state index contributed by atoms with van der Waals surface area (Å²) in [5.41, 5.74) is 9.41. The molecule has 0 bridgehead atoms. The van der Waals surface area contributed by atoms with Crippen LogP contribution in [0, 0.1) is 6.92 Å². The fourth-order valence-electron chi connectivity index (χ4n) is 3.79. The summed E-state index contributed by atoms with van der Waals surface area (Å²) < 4.78 is 0. The second kappa shape index (κ2) is 6.96. The standard InChI is InChI=1S/C19H26N6/c1-14-9-17(3-4-21-14)24-5-2-6-25(8-7-24)19-12-18(22-13-23-19)15-10-16(20)11-15/h3-4,9,12-13,15-16H,2,5-8,10-11,20H2,1H3. The average Bonchev–Trinajstić information content (AvgIpc) is 2.85. The summed E-state index contributed by atoms with van der Waals surface area (Å²) in [6, 6.07) is 6.78. The second-order valence-corrected chi connectivity index (χ2v) is 7.21. The number of aryl methyl sites for hydroxylation is 1. The van der Waals surface area contributed by atoms with E-state index in [0.717, 1.165) is 62.6 Å². The maximum absolute atomic E-state index is 5.93. The van der Waals surface area contributed by atoms with Crippen LogP contribution in [-0.4, -0.2) is 47.2 Å². The number of anilines is 2. The van der Waals surface area contributed by atoms with E-state index in [0.29, 0.717) is 12.0 Å². The van der Waals surface area contributed by atoms with Gasteiger partial charge in [0.25, 0.3) is 0 Å². The van der Waals surface area contributed by atoms with E-state index in [1.807, 2.05) is 13.1 Å². The lowest BCUT2D eigenvalue weighted by atomic mass is 9.78. The Morgan fingerprint density at radius 2 is 1.80 bits per heavy atom. The summed E-state index contributed by atoms with van der Waals surface area (Å²) in [7, 11) is 0. The van der Waals surface area contributed by atoms with Crippen molar-refractivity contribution in [1.29, 1.82) is 0 Å². The van der Waals surface area contributed by atoms with Crippen molar-refractivity contribution in [1.82, 2.24) is 15.0 Å². The molecule has 0 radical (unpaired) electrons. The third-order valence-electron chi connectivity index (χ3n) is 5.33. The highest BCUT2D eigenvalue weighted by Gasteiger charge is 2.29. The summed E-state index contributed by atoms with van der Waals surface area (Å²) in [5, 5.41) is 0. The van der Waals surface area contributed by atoms with Crippen LogP contribution >= 0.6 is 0 Å². The van der Waals surface area contributed by atoms with Gasteiger partial charge in [-0.2, -0.15) is 0 Å². The summed E-state index contributed by atoms with van der Waals surface area (Å²) in [6.45, 7) is 6.11. The number of nitrogens with zero attached hydrogens (tertiary/aromatic N) is 5. The highest BCUT2D eigenvalue weighted by Crippen LogP contribution is 2.35. The maximum atomic E-state index is 5.93. The summed E-state index contributed by atoms with van der Waals surface area (Å²) in [5.74, 6) is 1.57. The first-order chi connectivity index (χ1) is 12.2. The van der Waals surface area contributed by atoms with Gasteiger partial charge in [-0.3, -0.25) is 4.98 Å². The average molecular weight is 338 g/mol. The Kier molecular flexibility index (Phi) is 4.53. The van der Waals surface area contributed by atoms with Gasteiger partial charge in [0.2, 0.25) is 0 Å². The zero-order valence-corrected chi connectivity index (χ0v) is 14.8. The fraction of sp³-hybridized carbons (Fsp3) is 0.526. The van der Waals surface area contributed by atoms with Gasteiger partial charge in [0.05, 0.1) is 0 Å². The Morgan fingerprint density at radius 1 is 1.00 bits per heavy atom. The smallest absolute Gasteiger partial charge is 0.132 e. The van der Waals surface area contributed by atoms with E-state index < -0.39 is 0 Å². The van der Waals surface area contributed by atoms with Crippen molar-refractivity contribution in [2.75, 3.05) is 36.0 Å². The fourth-order valence-corrected chi connectivity index (χ4v) is 3.79. The molecule has 2 aliphatic rings. The molecular weight excluding hydrogens is 312 g/mol. The minimum Gasteiger partial charge on any atom is -0.370 e. The van der Waals surface area contributed by atoms with Crippen LogP contribution in [0.1, 0.15) is 36.6 Å². The molecule has 1 saturated carbocycles. The zero-order chi connectivity index (χ0) is 17.2. The monoisotopic (exact) mass is 338 g/mol. The van der Waals surface area contributed by atoms with Crippen LogP contribution in [-0.2, 0) is 0 Å². The van der Waals surface area contributed by atoms with Crippen molar-refractivity contribution in [3.8, 4) is 0 Å². The molecule has 2 aromatic rings. The normalized spacial score (nSPS) is 23.9. The molecule has 1 saturated heterocycles. The van der Waals surface area contributed by atoms with E-state index >= 15 is 0 Å². The topological polar surface area (TPSA) is 71.2 Å². The molecule has 0 aromatic carbocycles. The van der Waals surface area contributed by atoms with Gasteiger partial charge >= 0.3 is 0 Å². The van der Waals surface area contributed by atoms with Crippen molar-refractivity contribution in [3.05, 3.63) is 42.1 Å². The predicted octanol–water partition coefficient (Wildman–Crippen LogP) is 2.10. The minimum absolute atomic E-state index is 0.346. The molecule has 1 aliphatic carbocycles. The molecule has 0 atom stereocenters. The first kappa shape index (κ1) is 16.3. The number of pyridine rings is 1. The summed E-state index contributed by atoms with van der Waals surface area (Å²) >= 11 is 0. The Morgan fingerprint density at radius 3 is 2.60 bits per heavy atom. The zero-order valence-electron chi connectivity index (χ0n) is 14.8. The third-order valence-corrected chi connectivity index (χ3v) is 5.33. The largest absolute Gasteiger partial charge is 0.370 e. The van der Waals surface area contributed by atoms with Crippen LogP contribution in [0.15, 0.2) is 30.7 Å². The van der Waals surface area contributed by atoms with Gasteiger partial charge in [-0.25, -0.2) is 9.97 Å². The molecule has 132 valence electrons. The van der Waals surface area contributed by atoms with Crippen LogP contribution in [0.4, 0.5) is 11.5 Å². The van der Waals surface area contributed by atoms with E-state index in [2.05, 4.69) is 43.0 Å². The first-order valence-electron chi connectivity index (χ1n) is 9.19. The summed E-state index contributed by atoms with van der Waals surface area (Å²) in [6.07, 6.45) is 6.82. The Hall–Kier alpha value is -2.21.